The number of rotatable bonds is 6. The fourth-order valence-corrected chi connectivity index (χ4v) is 2.07. The number of benzene rings is 1. The Morgan fingerprint density at radius 3 is 2.43 bits per heavy atom. The lowest BCUT2D eigenvalue weighted by molar-refractivity contribution is 0.0748. The molecule has 1 amide bonds. The third-order valence-electron chi connectivity index (χ3n) is 3.06. The van der Waals surface area contributed by atoms with Crippen LogP contribution in [0.1, 0.15) is 22.3 Å². The molecule has 2 rings (SSSR count). The minimum atomic E-state index is -0.0440. The van der Waals surface area contributed by atoms with Crippen molar-refractivity contribution in [2.75, 3.05) is 6.54 Å². The van der Waals surface area contributed by atoms with Crippen LogP contribution in [0.4, 0.5) is 0 Å². The SMILES string of the molecule is NC(=S)CCN(Cc1ccccc1)C(=O)c1ccncc1. The maximum Gasteiger partial charge on any atom is 0.254 e. The van der Waals surface area contributed by atoms with Crippen molar-refractivity contribution in [3.8, 4) is 0 Å². The highest BCUT2D eigenvalue weighted by atomic mass is 32.1. The highest BCUT2D eigenvalue weighted by Crippen LogP contribution is 2.10. The van der Waals surface area contributed by atoms with Crippen molar-refractivity contribution < 1.29 is 4.79 Å². The number of hydrogen-bond acceptors (Lipinski definition) is 3. The minimum absolute atomic E-state index is 0.0440. The third kappa shape index (κ3) is 4.65. The van der Waals surface area contributed by atoms with Crippen molar-refractivity contribution in [1.82, 2.24) is 9.88 Å². The van der Waals surface area contributed by atoms with Crippen molar-refractivity contribution in [3.05, 3.63) is 66.0 Å². The van der Waals surface area contributed by atoms with Crippen molar-refractivity contribution in [3.63, 3.8) is 0 Å². The monoisotopic (exact) mass is 299 g/mol. The van der Waals surface area contributed by atoms with Crippen LogP contribution in [-0.2, 0) is 6.54 Å². The van der Waals surface area contributed by atoms with Crippen LogP contribution in [0.3, 0.4) is 0 Å². The zero-order valence-corrected chi connectivity index (χ0v) is 12.4. The summed E-state index contributed by atoms with van der Waals surface area (Å²) in [7, 11) is 0. The molecule has 2 N–H and O–H groups in total. The van der Waals surface area contributed by atoms with Crippen LogP contribution in [0, 0.1) is 0 Å². The van der Waals surface area contributed by atoms with E-state index in [0.717, 1.165) is 5.56 Å². The number of thiocarbonyl (C=S) groups is 1. The fraction of sp³-hybridized carbons (Fsp3) is 0.188. The van der Waals surface area contributed by atoms with Crippen LogP contribution >= 0.6 is 12.2 Å². The van der Waals surface area contributed by atoms with Gasteiger partial charge in [-0.25, -0.2) is 0 Å². The lowest BCUT2D eigenvalue weighted by Crippen LogP contribution is -2.33. The topological polar surface area (TPSA) is 59.2 Å². The van der Waals surface area contributed by atoms with Gasteiger partial charge in [-0.3, -0.25) is 9.78 Å². The van der Waals surface area contributed by atoms with E-state index >= 15 is 0 Å². The number of hydrogen-bond donors (Lipinski definition) is 1. The second kappa shape index (κ2) is 7.50. The van der Waals surface area contributed by atoms with E-state index in [4.69, 9.17) is 18.0 Å². The Morgan fingerprint density at radius 1 is 1.14 bits per heavy atom. The molecule has 0 saturated carbocycles. The van der Waals surface area contributed by atoms with Crippen LogP contribution in [0.2, 0.25) is 0 Å². The predicted octanol–water partition coefficient (Wildman–Crippen LogP) is 2.40. The molecule has 2 aromatic rings. The first-order valence-corrected chi connectivity index (χ1v) is 7.09. The lowest BCUT2D eigenvalue weighted by Gasteiger charge is -2.22. The molecule has 1 aromatic carbocycles. The van der Waals surface area contributed by atoms with Crippen LogP contribution in [0.15, 0.2) is 54.9 Å². The maximum absolute atomic E-state index is 12.6. The van der Waals surface area contributed by atoms with Gasteiger partial charge in [0.25, 0.3) is 5.91 Å². The summed E-state index contributed by atoms with van der Waals surface area (Å²) in [6.07, 6.45) is 3.74. The summed E-state index contributed by atoms with van der Waals surface area (Å²) < 4.78 is 0. The second-order valence-corrected chi connectivity index (χ2v) is 5.19. The molecule has 21 heavy (non-hydrogen) atoms. The van der Waals surface area contributed by atoms with Crippen molar-refractivity contribution in [2.45, 2.75) is 13.0 Å². The number of amides is 1. The molecule has 0 fully saturated rings. The Morgan fingerprint density at radius 2 is 1.81 bits per heavy atom. The van der Waals surface area contributed by atoms with E-state index in [1.165, 1.54) is 0 Å². The van der Waals surface area contributed by atoms with E-state index in [1.54, 1.807) is 29.4 Å². The molecule has 0 saturated heterocycles. The van der Waals surface area contributed by atoms with Gasteiger partial charge in [-0.2, -0.15) is 0 Å². The predicted molar refractivity (Wildman–Crippen MR) is 86.8 cm³/mol. The Hall–Kier alpha value is -2.27. The zero-order chi connectivity index (χ0) is 15.1. The summed E-state index contributed by atoms with van der Waals surface area (Å²) in [4.78, 5) is 18.7. The lowest BCUT2D eigenvalue weighted by atomic mass is 10.1. The first-order valence-electron chi connectivity index (χ1n) is 6.68. The zero-order valence-electron chi connectivity index (χ0n) is 11.6. The normalized spacial score (nSPS) is 10.1. The van der Waals surface area contributed by atoms with E-state index in [-0.39, 0.29) is 5.91 Å². The van der Waals surface area contributed by atoms with Gasteiger partial charge in [-0.15, -0.1) is 0 Å². The molecule has 4 nitrogen and oxygen atoms in total. The summed E-state index contributed by atoms with van der Waals surface area (Å²) in [6.45, 7) is 1.04. The second-order valence-electron chi connectivity index (χ2n) is 4.66. The van der Waals surface area contributed by atoms with Crippen LogP contribution in [-0.4, -0.2) is 27.3 Å². The summed E-state index contributed by atoms with van der Waals surface area (Å²) >= 11 is 4.91. The Labute approximate surface area is 129 Å². The Bertz CT molecular complexity index is 601. The molecule has 0 bridgehead atoms. The molecule has 1 aromatic heterocycles. The number of nitrogens with two attached hydrogens (primary N) is 1. The molecule has 1 heterocycles. The highest BCUT2D eigenvalue weighted by molar-refractivity contribution is 7.80. The number of carbonyl (C=O) groups excluding carboxylic acids is 1. The van der Waals surface area contributed by atoms with E-state index < -0.39 is 0 Å². The van der Waals surface area contributed by atoms with Gasteiger partial charge in [-0.05, 0) is 17.7 Å². The van der Waals surface area contributed by atoms with Crippen molar-refractivity contribution in [2.24, 2.45) is 5.73 Å². The van der Waals surface area contributed by atoms with E-state index in [0.29, 0.717) is 30.1 Å². The average Bonchev–Trinajstić information content (AvgIpc) is 2.52. The smallest absolute Gasteiger partial charge is 0.254 e. The molecule has 0 spiro atoms. The van der Waals surface area contributed by atoms with Gasteiger partial charge in [-0.1, -0.05) is 42.5 Å². The van der Waals surface area contributed by atoms with Gasteiger partial charge in [0.15, 0.2) is 0 Å². The first-order chi connectivity index (χ1) is 10.2. The summed E-state index contributed by atoms with van der Waals surface area (Å²) in [6, 6.07) is 13.3. The molecule has 0 unspecified atom stereocenters. The first kappa shape index (κ1) is 15.1. The molecule has 0 aliphatic carbocycles. The molecule has 0 radical (unpaired) electrons. The molecule has 0 aliphatic heterocycles. The summed E-state index contributed by atoms with van der Waals surface area (Å²) in [5.41, 5.74) is 7.24. The molecule has 0 atom stereocenters. The molecular formula is C16H17N3OS. The molecular weight excluding hydrogens is 282 g/mol. The van der Waals surface area contributed by atoms with Gasteiger partial charge in [0.1, 0.15) is 0 Å². The molecule has 0 aliphatic rings. The molecule has 5 heteroatoms. The van der Waals surface area contributed by atoms with Crippen molar-refractivity contribution >= 4 is 23.1 Å². The number of nitrogens with zero attached hydrogens (tertiary/aromatic N) is 2. The maximum atomic E-state index is 12.6. The summed E-state index contributed by atoms with van der Waals surface area (Å²) in [5, 5.41) is 0. The number of pyridine rings is 1. The van der Waals surface area contributed by atoms with Crippen molar-refractivity contribution in [1.29, 1.82) is 0 Å². The highest BCUT2D eigenvalue weighted by Gasteiger charge is 2.16. The van der Waals surface area contributed by atoms with Gasteiger partial charge < -0.3 is 10.6 Å². The minimum Gasteiger partial charge on any atom is -0.393 e. The average molecular weight is 299 g/mol. The standard InChI is InChI=1S/C16H17N3OS/c17-15(21)8-11-19(12-13-4-2-1-3-5-13)16(20)14-6-9-18-10-7-14/h1-7,9-10H,8,11-12H2,(H2,17,21). The third-order valence-corrected chi connectivity index (χ3v) is 3.26. The van der Waals surface area contributed by atoms with Crippen LogP contribution in [0.25, 0.3) is 0 Å². The van der Waals surface area contributed by atoms with Gasteiger partial charge >= 0.3 is 0 Å². The van der Waals surface area contributed by atoms with Crippen LogP contribution in [0.5, 0.6) is 0 Å². The summed E-state index contributed by atoms with van der Waals surface area (Å²) in [5.74, 6) is -0.0440. The number of aromatic nitrogens is 1. The van der Waals surface area contributed by atoms with E-state index in [2.05, 4.69) is 4.98 Å². The van der Waals surface area contributed by atoms with Gasteiger partial charge in [0.2, 0.25) is 0 Å². The Balaban J connectivity index is 2.15. The van der Waals surface area contributed by atoms with Crippen LogP contribution < -0.4 is 5.73 Å². The quantitative estimate of drug-likeness (QED) is 0.832. The fourth-order valence-electron chi connectivity index (χ4n) is 1.98. The Kier molecular flexibility index (Phi) is 5.40. The van der Waals surface area contributed by atoms with E-state index in [9.17, 15) is 4.79 Å². The largest absolute Gasteiger partial charge is 0.393 e. The molecule has 108 valence electrons. The van der Waals surface area contributed by atoms with E-state index in [1.807, 2.05) is 30.3 Å². The number of carbonyl (C=O) groups is 1. The van der Waals surface area contributed by atoms with Gasteiger partial charge in [0, 0.05) is 37.5 Å². The van der Waals surface area contributed by atoms with Gasteiger partial charge in [0.05, 0.1) is 4.99 Å².